The van der Waals surface area contributed by atoms with Gasteiger partial charge in [0.15, 0.2) is 5.60 Å². The number of hydrogen-bond acceptors (Lipinski definition) is 5. The third-order valence-electron chi connectivity index (χ3n) is 5.10. The minimum Gasteiger partial charge on any atom is -0.497 e. The van der Waals surface area contributed by atoms with Gasteiger partial charge in [0.25, 0.3) is 5.91 Å². The van der Waals surface area contributed by atoms with Gasteiger partial charge in [-0.15, -0.1) is 0 Å². The summed E-state index contributed by atoms with van der Waals surface area (Å²) in [6.45, 7) is 2.31. The average molecular weight is 381 g/mol. The van der Waals surface area contributed by atoms with Crippen molar-refractivity contribution in [2.75, 3.05) is 26.1 Å². The Balaban J connectivity index is 1.56. The van der Waals surface area contributed by atoms with Gasteiger partial charge in [-0.25, -0.2) is 0 Å². The van der Waals surface area contributed by atoms with Gasteiger partial charge in [0.05, 0.1) is 14.2 Å². The molecule has 6 nitrogen and oxygen atoms in total. The van der Waals surface area contributed by atoms with E-state index in [-0.39, 0.29) is 12.0 Å². The molecule has 0 fully saturated rings. The van der Waals surface area contributed by atoms with E-state index in [0.29, 0.717) is 24.5 Å². The van der Waals surface area contributed by atoms with Gasteiger partial charge >= 0.3 is 0 Å². The summed E-state index contributed by atoms with van der Waals surface area (Å²) < 4.78 is 22.7. The molecular formula is C22H23NO5. The van der Waals surface area contributed by atoms with Gasteiger partial charge in [-0.1, -0.05) is 11.6 Å². The van der Waals surface area contributed by atoms with E-state index in [1.165, 1.54) is 0 Å². The molecule has 0 aromatic heterocycles. The molecule has 2 aliphatic rings. The molecular weight excluding hydrogens is 358 g/mol. The van der Waals surface area contributed by atoms with Crippen LogP contribution in [0.3, 0.4) is 0 Å². The number of carbonyl (C=O) groups is 1. The number of carbonyl (C=O) groups excluding carboxylic acids is 1. The zero-order valence-electron chi connectivity index (χ0n) is 16.2. The van der Waals surface area contributed by atoms with Crippen molar-refractivity contribution in [2.24, 2.45) is 0 Å². The molecule has 28 heavy (non-hydrogen) atoms. The maximum atomic E-state index is 12.9. The monoisotopic (exact) mass is 381 g/mol. The van der Waals surface area contributed by atoms with Gasteiger partial charge in [-0.05, 0) is 49.4 Å². The molecule has 2 aromatic carbocycles. The van der Waals surface area contributed by atoms with Crippen LogP contribution in [-0.2, 0) is 15.1 Å². The highest BCUT2D eigenvalue weighted by Gasteiger charge is 2.51. The van der Waals surface area contributed by atoms with Crippen LogP contribution < -0.4 is 19.5 Å². The average Bonchev–Trinajstić information content (AvgIpc) is 2.96. The number of rotatable bonds is 5. The number of amides is 1. The highest BCUT2D eigenvalue weighted by molar-refractivity contribution is 6.05. The highest BCUT2D eigenvalue weighted by Crippen LogP contribution is 2.47. The van der Waals surface area contributed by atoms with Gasteiger partial charge in [-0.2, -0.15) is 0 Å². The molecule has 2 atom stereocenters. The molecule has 1 N–H and O–H groups in total. The van der Waals surface area contributed by atoms with E-state index in [2.05, 4.69) is 5.32 Å². The second kappa shape index (κ2) is 7.20. The van der Waals surface area contributed by atoms with Gasteiger partial charge in [0.1, 0.15) is 30.0 Å². The summed E-state index contributed by atoms with van der Waals surface area (Å²) in [4.78, 5) is 12.9. The first-order chi connectivity index (χ1) is 13.5. The van der Waals surface area contributed by atoms with E-state index in [0.717, 1.165) is 22.6 Å². The second-order valence-corrected chi connectivity index (χ2v) is 7.03. The van der Waals surface area contributed by atoms with E-state index < -0.39 is 5.60 Å². The highest BCUT2D eigenvalue weighted by atomic mass is 16.6. The molecule has 0 radical (unpaired) electrons. The van der Waals surface area contributed by atoms with Gasteiger partial charge in [-0.3, -0.25) is 4.79 Å². The molecule has 6 heteroatoms. The number of fused-ring (bicyclic) bond motifs is 2. The largest absolute Gasteiger partial charge is 0.497 e. The first-order valence-corrected chi connectivity index (χ1v) is 9.16. The van der Waals surface area contributed by atoms with Gasteiger partial charge in [0, 0.05) is 17.7 Å². The molecule has 146 valence electrons. The number of benzene rings is 2. The maximum Gasteiger partial charge on any atom is 0.261 e. The van der Waals surface area contributed by atoms with E-state index in [1.807, 2.05) is 55.5 Å². The van der Waals surface area contributed by atoms with Crippen molar-refractivity contribution in [3.05, 3.63) is 59.7 Å². The first kappa shape index (κ1) is 18.4. The van der Waals surface area contributed by atoms with E-state index >= 15 is 0 Å². The van der Waals surface area contributed by atoms with Gasteiger partial charge < -0.3 is 24.3 Å². The standard InChI is InChI=1S/C22H23NO5/c1-14-10-18(13-27-16-6-4-15(25-2)5-7-16)28-22(12-14)19-11-17(26-3)8-9-20(19)23-21(22)24/h4-11,18H,12-13H2,1-3H3,(H,23,24)/t18-,22+/m0/s1. The van der Waals surface area contributed by atoms with Crippen LogP contribution in [0.2, 0.25) is 0 Å². The molecule has 2 aromatic rings. The molecule has 0 aliphatic carbocycles. The quantitative estimate of drug-likeness (QED) is 0.801. The number of ether oxygens (including phenoxy) is 4. The number of anilines is 1. The minimum atomic E-state index is -1.06. The molecule has 4 rings (SSSR count). The lowest BCUT2D eigenvalue weighted by Crippen LogP contribution is -2.44. The SMILES string of the molecule is COc1ccc(OC[C@@H]2C=C(C)C[C@]3(O2)C(=O)Nc2ccc(OC)cc23)cc1. The van der Waals surface area contributed by atoms with Crippen molar-refractivity contribution in [3.8, 4) is 17.2 Å². The molecule has 2 heterocycles. The Morgan fingerprint density at radius 1 is 1.07 bits per heavy atom. The summed E-state index contributed by atoms with van der Waals surface area (Å²) in [6.07, 6.45) is 2.16. The summed E-state index contributed by atoms with van der Waals surface area (Å²) in [7, 11) is 3.23. The predicted octanol–water partition coefficient (Wildman–Crippen LogP) is 3.67. The first-order valence-electron chi connectivity index (χ1n) is 9.16. The van der Waals surface area contributed by atoms with Crippen LogP contribution in [0.5, 0.6) is 17.2 Å². The predicted molar refractivity (Wildman–Crippen MR) is 105 cm³/mol. The van der Waals surface area contributed by atoms with Crippen LogP contribution in [-0.4, -0.2) is 32.8 Å². The summed E-state index contributed by atoms with van der Waals surface area (Å²) in [6, 6.07) is 12.9. The van der Waals surface area contributed by atoms with Crippen molar-refractivity contribution in [3.63, 3.8) is 0 Å². The third kappa shape index (κ3) is 3.20. The van der Waals surface area contributed by atoms with E-state index in [4.69, 9.17) is 18.9 Å². The lowest BCUT2D eigenvalue weighted by Gasteiger charge is -2.35. The molecule has 0 unspecified atom stereocenters. The molecule has 2 aliphatic heterocycles. The molecule has 0 saturated heterocycles. The van der Waals surface area contributed by atoms with Crippen LogP contribution in [0.25, 0.3) is 0 Å². The lowest BCUT2D eigenvalue weighted by molar-refractivity contribution is -0.151. The van der Waals surface area contributed by atoms with Crippen LogP contribution >= 0.6 is 0 Å². The molecule has 0 saturated carbocycles. The van der Waals surface area contributed by atoms with Crippen molar-refractivity contribution in [1.82, 2.24) is 0 Å². The topological polar surface area (TPSA) is 66.0 Å². The Labute approximate surface area is 164 Å². The Morgan fingerprint density at radius 2 is 1.75 bits per heavy atom. The number of hydrogen-bond donors (Lipinski definition) is 1. The van der Waals surface area contributed by atoms with E-state index in [1.54, 1.807) is 14.2 Å². The van der Waals surface area contributed by atoms with Crippen LogP contribution in [0.15, 0.2) is 54.1 Å². The summed E-state index contributed by atoms with van der Waals surface area (Å²) in [5.41, 5.74) is 1.59. The zero-order chi connectivity index (χ0) is 19.7. The zero-order valence-corrected chi connectivity index (χ0v) is 16.2. The normalized spacial score (nSPS) is 23.0. The van der Waals surface area contributed by atoms with Crippen LogP contribution in [0, 0.1) is 0 Å². The minimum absolute atomic E-state index is 0.155. The van der Waals surface area contributed by atoms with Crippen molar-refractivity contribution >= 4 is 11.6 Å². The maximum absolute atomic E-state index is 12.9. The second-order valence-electron chi connectivity index (χ2n) is 7.03. The smallest absolute Gasteiger partial charge is 0.261 e. The Hall–Kier alpha value is -2.99. The summed E-state index contributed by atoms with van der Waals surface area (Å²) in [5, 5.41) is 2.94. The van der Waals surface area contributed by atoms with Crippen molar-refractivity contribution in [2.45, 2.75) is 25.0 Å². The molecule has 1 amide bonds. The fourth-order valence-corrected chi connectivity index (χ4v) is 3.77. The van der Waals surface area contributed by atoms with Crippen molar-refractivity contribution < 1.29 is 23.7 Å². The fourth-order valence-electron chi connectivity index (χ4n) is 3.77. The summed E-state index contributed by atoms with van der Waals surface area (Å²) in [5.74, 6) is 2.02. The van der Waals surface area contributed by atoms with E-state index in [9.17, 15) is 4.79 Å². The Bertz CT molecular complexity index is 921. The lowest BCUT2D eigenvalue weighted by atomic mass is 9.85. The van der Waals surface area contributed by atoms with Crippen LogP contribution in [0.1, 0.15) is 18.9 Å². The number of methoxy groups -OCH3 is 2. The molecule has 0 bridgehead atoms. The van der Waals surface area contributed by atoms with Crippen LogP contribution in [0.4, 0.5) is 5.69 Å². The number of nitrogens with one attached hydrogen (secondary N) is 1. The third-order valence-corrected chi connectivity index (χ3v) is 5.10. The fraction of sp³-hybridized carbons (Fsp3) is 0.318. The summed E-state index contributed by atoms with van der Waals surface area (Å²) >= 11 is 0. The molecule has 1 spiro atoms. The Morgan fingerprint density at radius 3 is 2.46 bits per heavy atom. The Kier molecular flexibility index (Phi) is 4.73. The van der Waals surface area contributed by atoms with Crippen molar-refractivity contribution in [1.29, 1.82) is 0 Å². The van der Waals surface area contributed by atoms with Gasteiger partial charge in [0.2, 0.25) is 0 Å².